The third-order valence-electron chi connectivity index (χ3n) is 3.61. The molecule has 0 bridgehead atoms. The van der Waals surface area contributed by atoms with Crippen LogP contribution in [0, 0.1) is 5.92 Å². The third-order valence-corrected chi connectivity index (χ3v) is 5.50. The fourth-order valence-corrected chi connectivity index (χ4v) is 4.48. The second kappa shape index (κ2) is 5.05. The molecular formula is C13H17N3O3S. The van der Waals surface area contributed by atoms with Gasteiger partial charge >= 0.3 is 0 Å². The van der Waals surface area contributed by atoms with Crippen molar-refractivity contribution < 1.29 is 13.2 Å². The molecule has 2 aromatic heterocycles. The van der Waals surface area contributed by atoms with E-state index in [4.69, 9.17) is 4.74 Å². The maximum Gasteiger partial charge on any atom is 0.216 e. The average molecular weight is 295 g/mol. The van der Waals surface area contributed by atoms with Gasteiger partial charge in [0.2, 0.25) is 5.88 Å². The summed E-state index contributed by atoms with van der Waals surface area (Å²) < 4.78 is 30.2. The molecule has 3 rings (SSSR count). The molecule has 0 amide bonds. The van der Waals surface area contributed by atoms with Crippen molar-refractivity contribution in [1.82, 2.24) is 14.6 Å². The molecule has 1 aliphatic heterocycles. The van der Waals surface area contributed by atoms with Gasteiger partial charge in [0.1, 0.15) is 0 Å². The van der Waals surface area contributed by atoms with Gasteiger partial charge in [-0.3, -0.25) is 0 Å². The Hall–Kier alpha value is -1.63. The Morgan fingerprint density at radius 2 is 2.30 bits per heavy atom. The highest BCUT2D eigenvalue weighted by Crippen LogP contribution is 2.22. The molecule has 0 N–H and O–H groups in total. The molecule has 0 aliphatic carbocycles. The highest BCUT2D eigenvalue weighted by Gasteiger charge is 2.26. The van der Waals surface area contributed by atoms with Crippen LogP contribution in [-0.4, -0.2) is 41.6 Å². The molecule has 0 aromatic carbocycles. The fraction of sp³-hybridized carbons (Fsp3) is 0.538. The van der Waals surface area contributed by atoms with E-state index < -0.39 is 9.84 Å². The summed E-state index contributed by atoms with van der Waals surface area (Å²) in [5.74, 6) is 1.99. The van der Waals surface area contributed by atoms with Crippen LogP contribution in [0.1, 0.15) is 18.7 Å². The Kier molecular flexibility index (Phi) is 3.37. The second-order valence-corrected chi connectivity index (χ2v) is 7.42. The van der Waals surface area contributed by atoms with Crippen LogP contribution in [0.4, 0.5) is 0 Å². The lowest BCUT2D eigenvalue weighted by atomic mass is 10.0. The average Bonchev–Trinajstić information content (AvgIpc) is 2.79. The van der Waals surface area contributed by atoms with Crippen molar-refractivity contribution in [3.8, 4) is 5.88 Å². The van der Waals surface area contributed by atoms with Crippen LogP contribution in [0.15, 0.2) is 18.2 Å². The standard InChI is InChI=1S/C13H17N3O3S/c1-19-13-6-2-5-12-14-11(15-16(12)13)8-10-4-3-7-20(17,18)9-10/h2,5-6,10H,3-4,7-9H2,1H3. The first-order valence-electron chi connectivity index (χ1n) is 6.66. The summed E-state index contributed by atoms with van der Waals surface area (Å²) in [5.41, 5.74) is 0.720. The summed E-state index contributed by atoms with van der Waals surface area (Å²) in [6.45, 7) is 0. The molecule has 1 saturated heterocycles. The molecule has 20 heavy (non-hydrogen) atoms. The van der Waals surface area contributed by atoms with E-state index in [1.807, 2.05) is 18.2 Å². The van der Waals surface area contributed by atoms with Crippen molar-refractivity contribution in [3.63, 3.8) is 0 Å². The zero-order valence-electron chi connectivity index (χ0n) is 11.3. The molecule has 1 aliphatic rings. The van der Waals surface area contributed by atoms with Gasteiger partial charge in [-0.25, -0.2) is 13.4 Å². The van der Waals surface area contributed by atoms with Crippen LogP contribution in [0.3, 0.4) is 0 Å². The minimum absolute atomic E-state index is 0.122. The molecule has 0 saturated carbocycles. The van der Waals surface area contributed by atoms with E-state index in [2.05, 4.69) is 10.1 Å². The molecular weight excluding hydrogens is 278 g/mol. The zero-order chi connectivity index (χ0) is 14.2. The van der Waals surface area contributed by atoms with Gasteiger partial charge < -0.3 is 4.74 Å². The first-order chi connectivity index (χ1) is 9.57. The van der Waals surface area contributed by atoms with Crippen molar-refractivity contribution in [1.29, 1.82) is 0 Å². The topological polar surface area (TPSA) is 73.6 Å². The predicted octanol–water partition coefficient (Wildman–Crippen LogP) is 1.11. The van der Waals surface area contributed by atoms with Gasteiger partial charge in [-0.15, -0.1) is 5.10 Å². The number of pyridine rings is 1. The lowest BCUT2D eigenvalue weighted by molar-refractivity contribution is 0.384. The zero-order valence-corrected chi connectivity index (χ0v) is 12.1. The van der Waals surface area contributed by atoms with Gasteiger partial charge in [0.25, 0.3) is 0 Å². The molecule has 3 heterocycles. The highest BCUT2D eigenvalue weighted by atomic mass is 32.2. The normalized spacial score (nSPS) is 21.9. The monoisotopic (exact) mass is 295 g/mol. The quantitative estimate of drug-likeness (QED) is 0.848. The summed E-state index contributed by atoms with van der Waals surface area (Å²) in [5, 5.41) is 4.41. The molecule has 0 spiro atoms. The minimum Gasteiger partial charge on any atom is -0.481 e. The second-order valence-electron chi connectivity index (χ2n) is 5.19. The summed E-state index contributed by atoms with van der Waals surface area (Å²) in [6.07, 6.45) is 2.26. The van der Waals surface area contributed by atoms with Crippen LogP contribution >= 0.6 is 0 Å². The van der Waals surface area contributed by atoms with Gasteiger partial charge in [0.15, 0.2) is 21.3 Å². The van der Waals surface area contributed by atoms with E-state index in [-0.39, 0.29) is 11.7 Å². The molecule has 0 radical (unpaired) electrons. The van der Waals surface area contributed by atoms with Crippen LogP contribution in [0.2, 0.25) is 0 Å². The van der Waals surface area contributed by atoms with E-state index in [1.165, 1.54) is 0 Å². The van der Waals surface area contributed by atoms with Crippen LogP contribution in [0.5, 0.6) is 5.88 Å². The summed E-state index contributed by atoms with van der Waals surface area (Å²) in [4.78, 5) is 4.44. The summed E-state index contributed by atoms with van der Waals surface area (Å²) in [7, 11) is -1.29. The smallest absolute Gasteiger partial charge is 0.216 e. The van der Waals surface area contributed by atoms with Crippen molar-refractivity contribution >= 4 is 15.5 Å². The molecule has 1 atom stereocenters. The Labute approximate surface area is 117 Å². The first kappa shape index (κ1) is 13.4. The molecule has 6 nitrogen and oxygen atoms in total. The summed E-state index contributed by atoms with van der Waals surface area (Å²) in [6, 6.07) is 5.53. The number of nitrogens with zero attached hydrogens (tertiary/aromatic N) is 3. The number of aromatic nitrogens is 3. The van der Waals surface area contributed by atoms with E-state index in [0.29, 0.717) is 23.9 Å². The largest absolute Gasteiger partial charge is 0.481 e. The minimum atomic E-state index is -2.88. The van der Waals surface area contributed by atoms with Crippen LogP contribution in [-0.2, 0) is 16.3 Å². The van der Waals surface area contributed by atoms with Crippen molar-refractivity contribution in [2.45, 2.75) is 19.3 Å². The maximum atomic E-state index is 11.7. The van der Waals surface area contributed by atoms with Gasteiger partial charge in [0.05, 0.1) is 18.6 Å². The lowest BCUT2D eigenvalue weighted by Gasteiger charge is -2.20. The van der Waals surface area contributed by atoms with Gasteiger partial charge in [0, 0.05) is 12.5 Å². The first-order valence-corrected chi connectivity index (χ1v) is 8.48. The SMILES string of the molecule is COc1cccc2nc(CC3CCCS(=O)(=O)C3)nn12. The lowest BCUT2D eigenvalue weighted by Crippen LogP contribution is -2.26. The van der Waals surface area contributed by atoms with Crippen molar-refractivity contribution in [2.75, 3.05) is 18.6 Å². The number of hydrogen-bond donors (Lipinski definition) is 0. The van der Waals surface area contributed by atoms with E-state index in [9.17, 15) is 8.42 Å². The fourth-order valence-electron chi connectivity index (χ4n) is 2.70. The number of ether oxygens (including phenoxy) is 1. The molecule has 108 valence electrons. The summed E-state index contributed by atoms with van der Waals surface area (Å²) >= 11 is 0. The molecule has 2 aromatic rings. The van der Waals surface area contributed by atoms with Gasteiger partial charge in [-0.05, 0) is 24.8 Å². The Morgan fingerprint density at radius 3 is 3.05 bits per heavy atom. The number of fused-ring (bicyclic) bond motifs is 1. The Balaban J connectivity index is 1.84. The number of hydrogen-bond acceptors (Lipinski definition) is 5. The number of sulfone groups is 1. The number of rotatable bonds is 3. The molecule has 7 heteroatoms. The maximum absolute atomic E-state index is 11.7. The van der Waals surface area contributed by atoms with E-state index >= 15 is 0 Å². The van der Waals surface area contributed by atoms with E-state index in [0.717, 1.165) is 18.5 Å². The van der Waals surface area contributed by atoms with Crippen molar-refractivity contribution in [2.24, 2.45) is 5.92 Å². The van der Waals surface area contributed by atoms with Crippen LogP contribution in [0.25, 0.3) is 5.65 Å². The Morgan fingerprint density at radius 1 is 1.45 bits per heavy atom. The molecule has 1 unspecified atom stereocenters. The highest BCUT2D eigenvalue weighted by molar-refractivity contribution is 7.91. The van der Waals surface area contributed by atoms with Crippen molar-refractivity contribution in [3.05, 3.63) is 24.0 Å². The van der Waals surface area contributed by atoms with Gasteiger partial charge in [-0.1, -0.05) is 6.07 Å². The van der Waals surface area contributed by atoms with Crippen LogP contribution < -0.4 is 4.74 Å². The van der Waals surface area contributed by atoms with Gasteiger partial charge in [-0.2, -0.15) is 4.52 Å². The molecule has 1 fully saturated rings. The Bertz CT molecular complexity index is 724. The third kappa shape index (κ3) is 2.63. The predicted molar refractivity (Wildman–Crippen MR) is 74.6 cm³/mol. The number of methoxy groups -OCH3 is 1. The van der Waals surface area contributed by atoms with E-state index in [1.54, 1.807) is 11.6 Å².